The van der Waals surface area contributed by atoms with Gasteiger partial charge in [-0.05, 0) is 6.92 Å². The number of aromatic nitrogens is 2. The quantitative estimate of drug-likeness (QED) is 0.808. The molecule has 7 heteroatoms. The van der Waals surface area contributed by atoms with E-state index in [1.54, 1.807) is 10.9 Å². The molecule has 0 aromatic carbocycles. The highest BCUT2D eigenvalue weighted by molar-refractivity contribution is 5.96. The van der Waals surface area contributed by atoms with E-state index in [1.165, 1.54) is 11.1 Å². The summed E-state index contributed by atoms with van der Waals surface area (Å²) in [6, 6.07) is -0.920. The Labute approximate surface area is 104 Å². The molecular weight excluding hydrogens is 238 g/mol. The first-order valence-electron chi connectivity index (χ1n) is 5.77. The molecule has 7 nitrogen and oxygen atoms in total. The van der Waals surface area contributed by atoms with Crippen LogP contribution in [0.15, 0.2) is 12.4 Å². The number of carboxylic acids is 1. The van der Waals surface area contributed by atoms with Gasteiger partial charge in [0.05, 0.1) is 25.0 Å². The van der Waals surface area contributed by atoms with Crippen molar-refractivity contribution in [3.63, 3.8) is 0 Å². The van der Waals surface area contributed by atoms with Crippen molar-refractivity contribution in [3.05, 3.63) is 18.0 Å². The maximum Gasteiger partial charge on any atom is 0.328 e. The molecule has 1 aliphatic rings. The van der Waals surface area contributed by atoms with Gasteiger partial charge < -0.3 is 14.7 Å². The first-order chi connectivity index (χ1) is 8.63. The number of carbonyl (C=O) groups is 2. The predicted octanol–water partition coefficient (Wildman–Crippen LogP) is -0.171. The second-order valence-electron chi connectivity index (χ2n) is 4.01. The summed E-state index contributed by atoms with van der Waals surface area (Å²) < 4.78 is 6.72. The van der Waals surface area contributed by atoms with Crippen LogP contribution in [0, 0.1) is 0 Å². The van der Waals surface area contributed by atoms with Gasteiger partial charge >= 0.3 is 5.97 Å². The second kappa shape index (κ2) is 5.18. The smallest absolute Gasteiger partial charge is 0.328 e. The molecule has 18 heavy (non-hydrogen) atoms. The molecule has 1 aromatic heterocycles. The number of carbonyl (C=O) groups excluding carboxylic acids is 1. The fraction of sp³-hybridized carbons (Fsp3) is 0.545. The van der Waals surface area contributed by atoms with E-state index in [9.17, 15) is 9.59 Å². The Bertz CT molecular complexity index is 457. The number of amides is 1. The van der Waals surface area contributed by atoms with Crippen molar-refractivity contribution >= 4 is 11.9 Å². The molecule has 0 bridgehead atoms. The molecule has 0 unspecified atom stereocenters. The Morgan fingerprint density at radius 1 is 1.61 bits per heavy atom. The lowest BCUT2D eigenvalue weighted by Gasteiger charge is -2.32. The summed E-state index contributed by atoms with van der Waals surface area (Å²) >= 11 is 0. The van der Waals surface area contributed by atoms with Gasteiger partial charge in [-0.1, -0.05) is 0 Å². The van der Waals surface area contributed by atoms with Crippen LogP contribution in [0.5, 0.6) is 0 Å². The minimum Gasteiger partial charge on any atom is -0.480 e. The number of nitrogens with zero attached hydrogens (tertiary/aromatic N) is 3. The maximum atomic E-state index is 12.2. The Morgan fingerprint density at radius 3 is 3.00 bits per heavy atom. The van der Waals surface area contributed by atoms with E-state index in [1.807, 2.05) is 6.92 Å². The third-order valence-corrected chi connectivity index (χ3v) is 2.88. The number of morpholine rings is 1. The zero-order valence-electron chi connectivity index (χ0n) is 10.1. The lowest BCUT2D eigenvalue weighted by atomic mass is 10.2. The SMILES string of the molecule is CCn1cc(C(=O)N2CCOC[C@H]2C(=O)O)cn1. The van der Waals surface area contributed by atoms with Crippen LogP contribution in [0.2, 0.25) is 0 Å². The molecule has 1 atom stereocenters. The van der Waals surface area contributed by atoms with Crippen molar-refractivity contribution in [3.8, 4) is 0 Å². The summed E-state index contributed by atoms with van der Waals surface area (Å²) in [6.45, 7) is 3.25. The second-order valence-corrected chi connectivity index (χ2v) is 4.01. The summed E-state index contributed by atoms with van der Waals surface area (Å²) in [5.74, 6) is -1.36. The first kappa shape index (κ1) is 12.6. The zero-order chi connectivity index (χ0) is 13.1. The maximum absolute atomic E-state index is 12.2. The van der Waals surface area contributed by atoms with E-state index in [0.717, 1.165) is 0 Å². The Hall–Kier alpha value is -1.89. The minimum atomic E-state index is -1.05. The van der Waals surface area contributed by atoms with Crippen LogP contribution in [0.25, 0.3) is 0 Å². The van der Waals surface area contributed by atoms with Crippen LogP contribution < -0.4 is 0 Å². The number of ether oxygens (including phenoxy) is 1. The van der Waals surface area contributed by atoms with Gasteiger partial charge in [-0.3, -0.25) is 9.48 Å². The standard InChI is InChI=1S/C11H15N3O4/c1-2-13-6-8(5-12-13)10(15)14-3-4-18-7-9(14)11(16)17/h5-6,9H,2-4,7H2,1H3,(H,16,17)/t9-/m0/s1. The van der Waals surface area contributed by atoms with Gasteiger partial charge in [0.15, 0.2) is 6.04 Å². The van der Waals surface area contributed by atoms with Gasteiger partial charge in [-0.2, -0.15) is 5.10 Å². The van der Waals surface area contributed by atoms with Gasteiger partial charge in [-0.15, -0.1) is 0 Å². The summed E-state index contributed by atoms with van der Waals surface area (Å²) in [5.41, 5.74) is 0.407. The first-order valence-corrected chi connectivity index (χ1v) is 5.77. The summed E-state index contributed by atoms with van der Waals surface area (Å²) in [5, 5.41) is 13.1. The lowest BCUT2D eigenvalue weighted by molar-refractivity contribution is -0.147. The highest BCUT2D eigenvalue weighted by atomic mass is 16.5. The molecule has 0 saturated carbocycles. The molecule has 1 fully saturated rings. The normalized spacial score (nSPS) is 19.8. The number of aliphatic carboxylic acids is 1. The van der Waals surface area contributed by atoms with Crippen molar-refractivity contribution in [2.45, 2.75) is 19.5 Å². The topological polar surface area (TPSA) is 84.7 Å². The number of hydrogen-bond acceptors (Lipinski definition) is 4. The highest BCUT2D eigenvalue weighted by Gasteiger charge is 2.33. The molecule has 0 radical (unpaired) electrons. The van der Waals surface area contributed by atoms with Crippen molar-refractivity contribution in [2.75, 3.05) is 19.8 Å². The van der Waals surface area contributed by atoms with E-state index < -0.39 is 12.0 Å². The van der Waals surface area contributed by atoms with Crippen molar-refractivity contribution in [1.29, 1.82) is 0 Å². The highest BCUT2D eigenvalue weighted by Crippen LogP contribution is 2.12. The van der Waals surface area contributed by atoms with Gasteiger partial charge in [0.1, 0.15) is 0 Å². The average Bonchev–Trinajstić information content (AvgIpc) is 2.86. The summed E-state index contributed by atoms with van der Waals surface area (Å²) in [4.78, 5) is 24.6. The van der Waals surface area contributed by atoms with Crippen molar-refractivity contribution in [1.82, 2.24) is 14.7 Å². The number of rotatable bonds is 3. The van der Waals surface area contributed by atoms with Gasteiger partial charge in [0.2, 0.25) is 0 Å². The van der Waals surface area contributed by atoms with Crippen molar-refractivity contribution in [2.24, 2.45) is 0 Å². The largest absolute Gasteiger partial charge is 0.480 e. The zero-order valence-corrected chi connectivity index (χ0v) is 10.1. The molecule has 1 amide bonds. The monoisotopic (exact) mass is 253 g/mol. The number of hydrogen-bond donors (Lipinski definition) is 1. The Balaban J connectivity index is 2.17. The van der Waals surface area contributed by atoms with E-state index in [-0.39, 0.29) is 19.1 Å². The Morgan fingerprint density at radius 2 is 2.39 bits per heavy atom. The molecule has 1 N–H and O–H groups in total. The molecule has 0 spiro atoms. The van der Waals surface area contributed by atoms with Crippen LogP contribution in [0.3, 0.4) is 0 Å². The van der Waals surface area contributed by atoms with Crippen LogP contribution >= 0.6 is 0 Å². The van der Waals surface area contributed by atoms with Gasteiger partial charge in [0.25, 0.3) is 5.91 Å². The third kappa shape index (κ3) is 2.35. The fourth-order valence-corrected chi connectivity index (χ4v) is 1.86. The van der Waals surface area contributed by atoms with E-state index >= 15 is 0 Å². The van der Waals surface area contributed by atoms with Crippen molar-refractivity contribution < 1.29 is 19.4 Å². The summed E-state index contributed by atoms with van der Waals surface area (Å²) in [7, 11) is 0. The molecule has 2 rings (SSSR count). The predicted molar refractivity (Wildman–Crippen MR) is 61.2 cm³/mol. The summed E-state index contributed by atoms with van der Waals surface area (Å²) in [6.07, 6.45) is 3.08. The molecular formula is C11H15N3O4. The fourth-order valence-electron chi connectivity index (χ4n) is 1.86. The molecule has 98 valence electrons. The van der Waals surface area contributed by atoms with Crippen LogP contribution in [0.4, 0.5) is 0 Å². The third-order valence-electron chi connectivity index (χ3n) is 2.88. The number of aryl methyl sites for hydroxylation is 1. The van der Waals surface area contributed by atoms with Crippen LogP contribution in [0.1, 0.15) is 17.3 Å². The van der Waals surface area contributed by atoms with E-state index in [2.05, 4.69) is 5.10 Å². The van der Waals surface area contributed by atoms with E-state index in [4.69, 9.17) is 9.84 Å². The lowest BCUT2D eigenvalue weighted by Crippen LogP contribution is -2.52. The molecule has 1 aliphatic heterocycles. The van der Waals surface area contributed by atoms with Gasteiger partial charge in [0, 0.05) is 19.3 Å². The van der Waals surface area contributed by atoms with E-state index in [0.29, 0.717) is 18.7 Å². The van der Waals surface area contributed by atoms with Crippen LogP contribution in [-0.4, -0.2) is 57.5 Å². The molecule has 2 heterocycles. The Kier molecular flexibility index (Phi) is 3.61. The number of carboxylic acid groups (broad SMARTS) is 1. The van der Waals surface area contributed by atoms with Crippen LogP contribution in [-0.2, 0) is 16.1 Å². The average molecular weight is 253 g/mol. The molecule has 1 aromatic rings. The molecule has 0 aliphatic carbocycles. The van der Waals surface area contributed by atoms with Gasteiger partial charge in [-0.25, -0.2) is 4.79 Å². The minimum absolute atomic E-state index is 0.0307. The molecule has 1 saturated heterocycles.